The second-order valence-corrected chi connectivity index (χ2v) is 5.08. The van der Waals surface area contributed by atoms with E-state index >= 15 is 0 Å². The van der Waals surface area contributed by atoms with Crippen molar-refractivity contribution in [2.24, 2.45) is 0 Å². The van der Waals surface area contributed by atoms with Crippen LogP contribution in [0.4, 0.5) is 0 Å². The zero-order valence-electron chi connectivity index (χ0n) is 9.70. The highest BCUT2D eigenvalue weighted by Gasteiger charge is 2.20. The van der Waals surface area contributed by atoms with Gasteiger partial charge in [0.25, 0.3) is 0 Å². The molecule has 3 nitrogen and oxygen atoms in total. The molecule has 1 fully saturated rings. The lowest BCUT2D eigenvalue weighted by Crippen LogP contribution is -2.46. The fourth-order valence-corrected chi connectivity index (χ4v) is 2.01. The highest BCUT2D eigenvalue weighted by atomic mass is 32.1. The minimum atomic E-state index is -0.196. The van der Waals surface area contributed by atoms with Crippen LogP contribution in [0.2, 0.25) is 0 Å². The smallest absolute Gasteiger partial charge is 0.232 e. The molecule has 1 rings (SSSR count). The number of carbonyl (C=O) groups is 1. The lowest BCUT2D eigenvalue weighted by molar-refractivity contribution is -0.121. The number of hydrogen-bond acceptors (Lipinski definition) is 3. The predicted octanol–water partition coefficient (Wildman–Crippen LogP) is 1.30. The summed E-state index contributed by atoms with van der Waals surface area (Å²) in [6.45, 7) is 7.42. The molecule has 4 heteroatoms. The van der Waals surface area contributed by atoms with Crippen LogP contribution in [0.3, 0.4) is 0 Å². The first kappa shape index (κ1) is 12.8. The molecule has 1 aliphatic heterocycles. The van der Waals surface area contributed by atoms with Crippen LogP contribution in [0, 0.1) is 0 Å². The Bertz CT molecular complexity index is 201. The van der Waals surface area contributed by atoms with Crippen molar-refractivity contribution in [3.63, 3.8) is 0 Å². The van der Waals surface area contributed by atoms with Gasteiger partial charge in [-0.05, 0) is 32.7 Å². The Hall–Kier alpha value is -0.220. The van der Waals surface area contributed by atoms with Crippen LogP contribution < -0.4 is 5.32 Å². The van der Waals surface area contributed by atoms with Crippen LogP contribution in [0.15, 0.2) is 0 Å². The van der Waals surface area contributed by atoms with Gasteiger partial charge in [0.1, 0.15) is 0 Å². The zero-order valence-corrected chi connectivity index (χ0v) is 10.6. The summed E-state index contributed by atoms with van der Waals surface area (Å²) in [5.74, 6) is 0.0623. The topological polar surface area (TPSA) is 32.3 Å². The highest BCUT2D eigenvalue weighted by molar-refractivity contribution is 7.81. The van der Waals surface area contributed by atoms with E-state index in [4.69, 9.17) is 0 Å². The van der Waals surface area contributed by atoms with Crippen molar-refractivity contribution < 1.29 is 4.79 Å². The van der Waals surface area contributed by atoms with Crippen molar-refractivity contribution in [3.8, 4) is 0 Å². The maximum absolute atomic E-state index is 11.4. The van der Waals surface area contributed by atoms with Gasteiger partial charge in [0.05, 0.1) is 5.25 Å². The molecule has 0 radical (unpaired) electrons. The summed E-state index contributed by atoms with van der Waals surface area (Å²) in [5.41, 5.74) is 0. The van der Waals surface area contributed by atoms with Gasteiger partial charge in [0, 0.05) is 19.1 Å². The first-order chi connectivity index (χ1) is 7.13. The van der Waals surface area contributed by atoms with Gasteiger partial charge in [-0.25, -0.2) is 0 Å². The molecule has 0 aromatic heterocycles. The SMILES string of the molecule is CCCN1CCC(NC(=O)C(C)S)CC1. The number of piperidine rings is 1. The average molecular weight is 230 g/mol. The minimum absolute atomic E-state index is 0.0623. The maximum Gasteiger partial charge on any atom is 0.232 e. The molecule has 0 spiro atoms. The maximum atomic E-state index is 11.4. The molecule has 88 valence electrons. The largest absolute Gasteiger partial charge is 0.352 e. The van der Waals surface area contributed by atoms with Gasteiger partial charge in [-0.2, -0.15) is 12.6 Å². The molecule has 0 aromatic carbocycles. The van der Waals surface area contributed by atoms with Crippen LogP contribution in [0.5, 0.6) is 0 Å². The Labute approximate surface area is 98.0 Å². The third kappa shape index (κ3) is 4.43. The average Bonchev–Trinajstić information content (AvgIpc) is 2.21. The molecule has 1 saturated heterocycles. The van der Waals surface area contributed by atoms with E-state index in [0.717, 1.165) is 25.9 Å². The van der Waals surface area contributed by atoms with Crippen molar-refractivity contribution in [1.29, 1.82) is 0 Å². The van der Waals surface area contributed by atoms with E-state index < -0.39 is 0 Å². The lowest BCUT2D eigenvalue weighted by atomic mass is 10.0. The molecule has 1 amide bonds. The zero-order chi connectivity index (χ0) is 11.3. The molecule has 1 unspecified atom stereocenters. The van der Waals surface area contributed by atoms with Gasteiger partial charge in [0.2, 0.25) is 5.91 Å². The number of carbonyl (C=O) groups excluding carboxylic acids is 1. The summed E-state index contributed by atoms with van der Waals surface area (Å²) in [5, 5.41) is 2.84. The highest BCUT2D eigenvalue weighted by Crippen LogP contribution is 2.11. The first-order valence-corrected chi connectivity index (χ1v) is 6.36. The van der Waals surface area contributed by atoms with E-state index in [2.05, 4.69) is 29.8 Å². The Morgan fingerprint density at radius 3 is 2.60 bits per heavy atom. The number of amides is 1. The molecule has 1 aliphatic rings. The van der Waals surface area contributed by atoms with E-state index in [1.807, 2.05) is 6.92 Å². The Morgan fingerprint density at radius 2 is 2.13 bits per heavy atom. The normalized spacial score (nSPS) is 21.3. The molecular formula is C11H22N2OS. The van der Waals surface area contributed by atoms with Gasteiger partial charge in [-0.3, -0.25) is 4.79 Å². The monoisotopic (exact) mass is 230 g/mol. The van der Waals surface area contributed by atoms with Crippen molar-refractivity contribution in [1.82, 2.24) is 10.2 Å². The third-order valence-electron chi connectivity index (χ3n) is 2.85. The molecule has 0 bridgehead atoms. The van der Waals surface area contributed by atoms with Crippen LogP contribution in [-0.2, 0) is 4.79 Å². The molecule has 0 aliphatic carbocycles. The number of thiol groups is 1. The number of hydrogen-bond donors (Lipinski definition) is 2. The first-order valence-electron chi connectivity index (χ1n) is 5.84. The van der Waals surface area contributed by atoms with E-state index in [1.54, 1.807) is 0 Å². The molecule has 15 heavy (non-hydrogen) atoms. The number of nitrogens with one attached hydrogen (secondary N) is 1. The van der Waals surface area contributed by atoms with Crippen LogP contribution in [0.25, 0.3) is 0 Å². The van der Waals surface area contributed by atoms with Gasteiger partial charge in [-0.1, -0.05) is 6.92 Å². The molecule has 0 aromatic rings. The van der Waals surface area contributed by atoms with Crippen molar-refractivity contribution >= 4 is 18.5 Å². The quantitative estimate of drug-likeness (QED) is 0.714. The Kier molecular flexibility index (Phi) is 5.47. The van der Waals surface area contributed by atoms with Crippen LogP contribution in [-0.4, -0.2) is 41.7 Å². The molecule has 1 atom stereocenters. The van der Waals surface area contributed by atoms with Gasteiger partial charge >= 0.3 is 0 Å². The summed E-state index contributed by atoms with van der Waals surface area (Å²) in [6.07, 6.45) is 3.36. The summed E-state index contributed by atoms with van der Waals surface area (Å²) in [4.78, 5) is 13.9. The standard InChI is InChI=1S/C11H22N2OS/c1-3-6-13-7-4-10(5-8-13)12-11(14)9(2)15/h9-10,15H,3-8H2,1-2H3,(H,12,14). The van der Waals surface area contributed by atoms with Gasteiger partial charge in [-0.15, -0.1) is 0 Å². The summed E-state index contributed by atoms with van der Waals surface area (Å²) >= 11 is 4.12. The number of nitrogens with zero attached hydrogens (tertiary/aromatic N) is 1. The van der Waals surface area contributed by atoms with Crippen molar-refractivity contribution in [3.05, 3.63) is 0 Å². The second kappa shape index (κ2) is 6.38. The van der Waals surface area contributed by atoms with E-state index in [9.17, 15) is 4.79 Å². The summed E-state index contributed by atoms with van der Waals surface area (Å²) < 4.78 is 0. The Morgan fingerprint density at radius 1 is 1.53 bits per heavy atom. The van der Waals surface area contributed by atoms with Crippen LogP contribution in [0.1, 0.15) is 33.1 Å². The number of rotatable bonds is 4. The summed E-state index contributed by atoms with van der Waals surface area (Å²) in [7, 11) is 0. The number of likely N-dealkylation sites (tertiary alicyclic amines) is 1. The van der Waals surface area contributed by atoms with E-state index in [0.29, 0.717) is 6.04 Å². The summed E-state index contributed by atoms with van der Waals surface area (Å²) in [6, 6.07) is 0.361. The molecule has 1 N–H and O–H groups in total. The minimum Gasteiger partial charge on any atom is -0.352 e. The molecule has 0 saturated carbocycles. The van der Waals surface area contributed by atoms with E-state index in [1.165, 1.54) is 13.0 Å². The lowest BCUT2D eigenvalue weighted by Gasteiger charge is -2.32. The van der Waals surface area contributed by atoms with Crippen molar-refractivity contribution in [2.75, 3.05) is 19.6 Å². The molecule has 1 heterocycles. The second-order valence-electron chi connectivity index (χ2n) is 4.30. The van der Waals surface area contributed by atoms with Gasteiger partial charge in [0.15, 0.2) is 0 Å². The third-order valence-corrected chi connectivity index (χ3v) is 3.09. The van der Waals surface area contributed by atoms with Gasteiger partial charge < -0.3 is 10.2 Å². The fourth-order valence-electron chi connectivity index (χ4n) is 1.94. The Balaban J connectivity index is 2.22. The fraction of sp³-hybridized carbons (Fsp3) is 0.909. The van der Waals surface area contributed by atoms with Crippen molar-refractivity contribution in [2.45, 2.75) is 44.4 Å². The van der Waals surface area contributed by atoms with E-state index in [-0.39, 0.29) is 11.2 Å². The predicted molar refractivity (Wildman–Crippen MR) is 66.3 cm³/mol. The van der Waals surface area contributed by atoms with Crippen LogP contribution >= 0.6 is 12.6 Å². The molecular weight excluding hydrogens is 208 g/mol.